The van der Waals surface area contributed by atoms with Crippen LogP contribution in [0.25, 0.3) is 16.8 Å². The lowest BCUT2D eigenvalue weighted by molar-refractivity contribution is 0.236. The Labute approximate surface area is 125 Å². The van der Waals surface area contributed by atoms with Gasteiger partial charge in [0.25, 0.3) is 0 Å². The normalized spacial score (nSPS) is 24.5. The molecule has 0 amide bonds. The Morgan fingerprint density at radius 3 is 2.29 bits per heavy atom. The molecule has 3 heteroatoms. The zero-order chi connectivity index (χ0) is 14.1. The fourth-order valence-electron chi connectivity index (χ4n) is 3.38. The molecule has 106 valence electrons. The summed E-state index contributed by atoms with van der Waals surface area (Å²) in [4.78, 5) is 2.52. The summed E-state index contributed by atoms with van der Waals surface area (Å²) < 4.78 is 0. The maximum absolute atomic E-state index is 4.50. The van der Waals surface area contributed by atoms with Crippen molar-refractivity contribution in [1.29, 1.82) is 0 Å². The number of hydrogen-bond acceptors (Lipinski definition) is 3. The van der Waals surface area contributed by atoms with Crippen molar-refractivity contribution in [3.8, 4) is 11.3 Å². The van der Waals surface area contributed by atoms with Gasteiger partial charge < -0.3 is 0 Å². The summed E-state index contributed by atoms with van der Waals surface area (Å²) in [6, 6.07) is 14.5. The lowest BCUT2D eigenvalue weighted by Gasteiger charge is -2.27. The first-order valence-electron chi connectivity index (χ1n) is 7.72. The van der Waals surface area contributed by atoms with E-state index in [0.29, 0.717) is 5.92 Å². The van der Waals surface area contributed by atoms with E-state index in [-0.39, 0.29) is 0 Å². The molecule has 3 nitrogen and oxygen atoms in total. The monoisotopic (exact) mass is 277 g/mol. The van der Waals surface area contributed by atoms with Crippen LogP contribution in [-0.2, 0) is 0 Å². The van der Waals surface area contributed by atoms with Crippen molar-refractivity contribution < 1.29 is 0 Å². The van der Waals surface area contributed by atoms with Crippen LogP contribution in [-0.4, -0.2) is 34.7 Å². The Balaban J connectivity index is 1.63. The topological polar surface area (TPSA) is 29.0 Å². The van der Waals surface area contributed by atoms with E-state index < -0.39 is 0 Å². The Bertz CT molecular complexity index is 638. The molecule has 1 saturated heterocycles. The van der Waals surface area contributed by atoms with Crippen LogP contribution in [0.2, 0.25) is 0 Å². The van der Waals surface area contributed by atoms with Gasteiger partial charge in [-0.05, 0) is 49.6 Å². The second kappa shape index (κ2) is 5.41. The largest absolute Gasteiger partial charge is 0.300 e. The molecule has 1 aromatic heterocycles. The van der Waals surface area contributed by atoms with E-state index in [1.54, 1.807) is 0 Å². The van der Waals surface area contributed by atoms with Crippen LogP contribution in [0.4, 0.5) is 0 Å². The maximum atomic E-state index is 4.50. The van der Waals surface area contributed by atoms with Gasteiger partial charge in [-0.15, -0.1) is 5.10 Å². The van der Waals surface area contributed by atoms with E-state index in [1.807, 2.05) is 18.2 Å². The van der Waals surface area contributed by atoms with Gasteiger partial charge >= 0.3 is 0 Å². The van der Waals surface area contributed by atoms with Gasteiger partial charge in [0.1, 0.15) is 0 Å². The molecule has 0 atom stereocenters. The first-order valence-corrected chi connectivity index (χ1v) is 7.72. The fourth-order valence-corrected chi connectivity index (χ4v) is 3.38. The standard InChI is InChI=1S/C18H19N3/c1-2-4-15(5-3-1)17-6-7-18(20-19-17)16-10-13-21-11-8-14(16)9-12-21/h1-7,10,14H,8-9,11-13H2. The number of hydrogen-bond donors (Lipinski definition) is 0. The van der Waals surface area contributed by atoms with Gasteiger partial charge in [-0.25, -0.2) is 0 Å². The molecular weight excluding hydrogens is 258 g/mol. The molecular formula is C18H19N3. The summed E-state index contributed by atoms with van der Waals surface area (Å²) in [6.45, 7) is 3.51. The number of benzene rings is 1. The minimum Gasteiger partial charge on any atom is -0.300 e. The quantitative estimate of drug-likeness (QED) is 0.843. The molecule has 1 aromatic carbocycles. The van der Waals surface area contributed by atoms with Gasteiger partial charge in [0.05, 0.1) is 11.4 Å². The maximum Gasteiger partial charge on any atom is 0.0930 e. The molecule has 3 aliphatic rings. The summed E-state index contributed by atoms with van der Waals surface area (Å²) in [5.41, 5.74) is 4.53. The number of rotatable bonds is 2. The zero-order valence-electron chi connectivity index (χ0n) is 12.1. The Morgan fingerprint density at radius 1 is 0.857 bits per heavy atom. The first kappa shape index (κ1) is 12.7. The molecule has 0 N–H and O–H groups in total. The van der Waals surface area contributed by atoms with Crippen LogP contribution < -0.4 is 0 Å². The number of piperidine rings is 1. The highest BCUT2D eigenvalue weighted by Crippen LogP contribution is 2.33. The average Bonchev–Trinajstić information content (AvgIpc) is 2.90. The van der Waals surface area contributed by atoms with Gasteiger partial charge in [0, 0.05) is 12.1 Å². The highest BCUT2D eigenvalue weighted by molar-refractivity contribution is 5.67. The molecule has 0 radical (unpaired) electrons. The van der Waals surface area contributed by atoms with E-state index in [4.69, 9.17) is 0 Å². The van der Waals surface area contributed by atoms with Crippen molar-refractivity contribution in [1.82, 2.24) is 15.1 Å². The van der Waals surface area contributed by atoms with Gasteiger partial charge in [-0.3, -0.25) is 4.90 Å². The van der Waals surface area contributed by atoms with Crippen LogP contribution in [0.15, 0.2) is 48.5 Å². The van der Waals surface area contributed by atoms with Gasteiger partial charge in [-0.2, -0.15) is 5.10 Å². The highest BCUT2D eigenvalue weighted by atomic mass is 15.1. The number of aromatic nitrogens is 2. The van der Waals surface area contributed by atoms with Gasteiger partial charge in [-0.1, -0.05) is 36.4 Å². The third kappa shape index (κ3) is 2.49. The third-order valence-electron chi connectivity index (χ3n) is 4.63. The first-order chi connectivity index (χ1) is 10.4. The lowest BCUT2D eigenvalue weighted by Crippen LogP contribution is -2.31. The second-order valence-electron chi connectivity index (χ2n) is 5.90. The Hall–Kier alpha value is -2.00. The van der Waals surface area contributed by atoms with Crippen LogP contribution >= 0.6 is 0 Å². The van der Waals surface area contributed by atoms with Crippen molar-refractivity contribution >= 4 is 5.57 Å². The average molecular weight is 277 g/mol. The van der Waals surface area contributed by atoms with Crippen molar-refractivity contribution in [3.05, 3.63) is 54.2 Å². The lowest BCUT2D eigenvalue weighted by atomic mass is 9.89. The Kier molecular flexibility index (Phi) is 3.28. The number of allylic oxidation sites excluding steroid dienone is 1. The number of fused-ring (bicyclic) bond motifs is 3. The van der Waals surface area contributed by atoms with Crippen molar-refractivity contribution in [2.75, 3.05) is 19.6 Å². The minimum atomic E-state index is 0.667. The zero-order valence-corrected chi connectivity index (χ0v) is 12.1. The smallest absolute Gasteiger partial charge is 0.0930 e. The summed E-state index contributed by atoms with van der Waals surface area (Å²) in [5, 5.41) is 8.93. The molecule has 3 aliphatic heterocycles. The molecule has 0 saturated carbocycles. The summed E-state index contributed by atoms with van der Waals surface area (Å²) in [7, 11) is 0. The van der Waals surface area contributed by atoms with Crippen LogP contribution in [0, 0.1) is 5.92 Å². The molecule has 1 fully saturated rings. The van der Waals surface area contributed by atoms with E-state index >= 15 is 0 Å². The van der Waals surface area contributed by atoms with E-state index in [9.17, 15) is 0 Å². The minimum absolute atomic E-state index is 0.667. The molecule has 2 bridgehead atoms. The Morgan fingerprint density at radius 2 is 1.57 bits per heavy atom. The van der Waals surface area contributed by atoms with Gasteiger partial charge in [0.15, 0.2) is 0 Å². The molecule has 0 aliphatic carbocycles. The van der Waals surface area contributed by atoms with Gasteiger partial charge in [0.2, 0.25) is 0 Å². The molecule has 21 heavy (non-hydrogen) atoms. The van der Waals surface area contributed by atoms with E-state index in [2.05, 4.69) is 45.4 Å². The molecule has 0 unspecified atom stereocenters. The van der Waals surface area contributed by atoms with Crippen molar-refractivity contribution in [3.63, 3.8) is 0 Å². The van der Waals surface area contributed by atoms with Crippen LogP contribution in [0.5, 0.6) is 0 Å². The summed E-state index contributed by atoms with van der Waals surface area (Å²) >= 11 is 0. The predicted molar refractivity (Wildman–Crippen MR) is 84.6 cm³/mol. The van der Waals surface area contributed by atoms with E-state index in [1.165, 1.54) is 31.5 Å². The molecule has 5 rings (SSSR count). The summed E-state index contributed by atoms with van der Waals surface area (Å²) in [5.74, 6) is 0.667. The van der Waals surface area contributed by atoms with Crippen molar-refractivity contribution in [2.45, 2.75) is 12.8 Å². The fraction of sp³-hybridized carbons (Fsp3) is 0.333. The molecule has 2 aromatic rings. The molecule has 0 spiro atoms. The van der Waals surface area contributed by atoms with Crippen LogP contribution in [0.3, 0.4) is 0 Å². The number of nitrogens with zero attached hydrogens (tertiary/aromatic N) is 3. The highest BCUT2D eigenvalue weighted by Gasteiger charge is 2.26. The van der Waals surface area contributed by atoms with E-state index in [0.717, 1.165) is 23.5 Å². The van der Waals surface area contributed by atoms with Crippen molar-refractivity contribution in [2.24, 2.45) is 5.92 Å². The predicted octanol–water partition coefficient (Wildman–Crippen LogP) is 3.25. The third-order valence-corrected chi connectivity index (χ3v) is 4.63. The molecule has 4 heterocycles. The SMILES string of the molecule is C1=C(c2ccc(-c3ccccc3)nn2)C2CCN(C1)CC2. The second-order valence-corrected chi connectivity index (χ2v) is 5.90. The summed E-state index contributed by atoms with van der Waals surface area (Å²) in [6.07, 6.45) is 4.87. The van der Waals surface area contributed by atoms with Crippen LogP contribution in [0.1, 0.15) is 18.5 Å².